The van der Waals surface area contributed by atoms with Crippen molar-refractivity contribution in [2.45, 2.75) is 6.42 Å². The third-order valence-electron chi connectivity index (χ3n) is 3.39. The first-order valence-electron chi connectivity index (χ1n) is 6.54. The van der Waals surface area contributed by atoms with Gasteiger partial charge >= 0.3 is 0 Å². The second kappa shape index (κ2) is 7.03. The molecule has 1 N–H and O–H groups in total. The van der Waals surface area contributed by atoms with Gasteiger partial charge in [0.25, 0.3) is 0 Å². The van der Waals surface area contributed by atoms with Gasteiger partial charge in [0.2, 0.25) is 5.91 Å². The number of hydrogen-bond acceptors (Lipinski definition) is 3. The minimum atomic E-state index is 0.182. The molecule has 0 spiro atoms. The molecular weight excluding hydrogens is 308 g/mol. The summed E-state index contributed by atoms with van der Waals surface area (Å²) in [6, 6.07) is 7.87. The number of hydrogen-bond donors (Lipinski definition) is 1. The van der Waals surface area contributed by atoms with Crippen LogP contribution in [0.1, 0.15) is 5.56 Å². The van der Waals surface area contributed by atoms with Crippen LogP contribution in [-0.2, 0) is 11.2 Å². The van der Waals surface area contributed by atoms with Crippen LogP contribution in [0.2, 0.25) is 0 Å². The van der Waals surface area contributed by atoms with Crippen molar-refractivity contribution >= 4 is 21.8 Å². The van der Waals surface area contributed by atoms with E-state index in [2.05, 4.69) is 20.8 Å². The van der Waals surface area contributed by atoms with Crippen LogP contribution < -0.4 is 0 Å². The van der Waals surface area contributed by atoms with Crippen molar-refractivity contribution in [2.75, 3.05) is 39.3 Å². The highest BCUT2D eigenvalue weighted by atomic mass is 79.9. The van der Waals surface area contributed by atoms with Crippen molar-refractivity contribution in [2.24, 2.45) is 0 Å². The lowest BCUT2D eigenvalue weighted by atomic mass is 10.1. The number of nitrogens with zero attached hydrogens (tertiary/aromatic N) is 2. The predicted molar refractivity (Wildman–Crippen MR) is 78.0 cm³/mol. The van der Waals surface area contributed by atoms with Gasteiger partial charge in [-0.05, 0) is 17.7 Å². The number of halogens is 1. The summed E-state index contributed by atoms with van der Waals surface area (Å²) in [5, 5.41) is 8.89. The number of rotatable bonds is 4. The van der Waals surface area contributed by atoms with E-state index >= 15 is 0 Å². The van der Waals surface area contributed by atoms with E-state index in [0.717, 1.165) is 36.2 Å². The summed E-state index contributed by atoms with van der Waals surface area (Å²) in [6.07, 6.45) is 0.458. The zero-order chi connectivity index (χ0) is 13.7. The monoisotopic (exact) mass is 326 g/mol. The maximum atomic E-state index is 12.2. The molecule has 1 saturated heterocycles. The van der Waals surface area contributed by atoms with Gasteiger partial charge in [0.15, 0.2) is 0 Å². The minimum absolute atomic E-state index is 0.182. The van der Waals surface area contributed by atoms with Gasteiger partial charge in [0, 0.05) is 37.2 Å². The lowest BCUT2D eigenvalue weighted by Gasteiger charge is -2.34. The van der Waals surface area contributed by atoms with Crippen LogP contribution in [0, 0.1) is 0 Å². The molecule has 1 aromatic carbocycles. The predicted octanol–water partition coefficient (Wildman–Crippen LogP) is 1.13. The zero-order valence-electron chi connectivity index (χ0n) is 10.9. The van der Waals surface area contributed by atoms with Gasteiger partial charge < -0.3 is 10.0 Å². The highest BCUT2D eigenvalue weighted by Crippen LogP contribution is 2.13. The minimum Gasteiger partial charge on any atom is -0.395 e. The average molecular weight is 327 g/mol. The third kappa shape index (κ3) is 4.30. The smallest absolute Gasteiger partial charge is 0.227 e. The van der Waals surface area contributed by atoms with Crippen LogP contribution in [0.5, 0.6) is 0 Å². The normalized spacial score (nSPS) is 16.6. The molecule has 2 rings (SSSR count). The fourth-order valence-corrected chi connectivity index (χ4v) is 2.74. The molecule has 0 radical (unpaired) electrons. The molecule has 1 aromatic rings. The van der Waals surface area contributed by atoms with E-state index in [9.17, 15) is 4.79 Å². The van der Waals surface area contributed by atoms with Crippen LogP contribution in [0.4, 0.5) is 0 Å². The Labute approximate surface area is 122 Å². The van der Waals surface area contributed by atoms with E-state index in [4.69, 9.17) is 5.11 Å². The van der Waals surface area contributed by atoms with Gasteiger partial charge in [-0.1, -0.05) is 28.1 Å². The second-order valence-electron chi connectivity index (χ2n) is 4.75. The number of piperazine rings is 1. The molecule has 1 fully saturated rings. The maximum absolute atomic E-state index is 12.2. The summed E-state index contributed by atoms with van der Waals surface area (Å²) in [7, 11) is 0. The van der Waals surface area contributed by atoms with E-state index in [0.29, 0.717) is 13.0 Å². The molecule has 1 aliphatic heterocycles. The SMILES string of the molecule is O=C(Cc1cccc(Br)c1)N1CCN(CCO)CC1. The van der Waals surface area contributed by atoms with Crippen molar-refractivity contribution in [3.63, 3.8) is 0 Å². The van der Waals surface area contributed by atoms with Crippen molar-refractivity contribution in [3.05, 3.63) is 34.3 Å². The summed E-state index contributed by atoms with van der Waals surface area (Å²) >= 11 is 3.42. The number of aliphatic hydroxyl groups is 1. The molecule has 5 heteroatoms. The molecule has 0 aromatic heterocycles. The Morgan fingerprint density at radius 3 is 2.63 bits per heavy atom. The number of β-amino-alcohol motifs (C(OH)–C–C–N with tert-alkyl or cyclic N) is 1. The largest absolute Gasteiger partial charge is 0.395 e. The zero-order valence-corrected chi connectivity index (χ0v) is 12.5. The molecule has 0 saturated carbocycles. The molecule has 1 amide bonds. The molecule has 104 valence electrons. The molecule has 0 bridgehead atoms. The first-order chi connectivity index (χ1) is 9.19. The van der Waals surface area contributed by atoms with E-state index in [1.54, 1.807) is 0 Å². The van der Waals surface area contributed by atoms with E-state index in [-0.39, 0.29) is 12.5 Å². The number of carbonyl (C=O) groups is 1. The van der Waals surface area contributed by atoms with Crippen molar-refractivity contribution < 1.29 is 9.90 Å². The quantitative estimate of drug-likeness (QED) is 0.902. The number of carbonyl (C=O) groups excluding carboxylic acids is 1. The van der Waals surface area contributed by atoms with Crippen LogP contribution in [0.3, 0.4) is 0 Å². The number of benzene rings is 1. The Balaban J connectivity index is 1.84. The Morgan fingerprint density at radius 1 is 1.26 bits per heavy atom. The second-order valence-corrected chi connectivity index (χ2v) is 5.67. The highest BCUT2D eigenvalue weighted by molar-refractivity contribution is 9.10. The molecule has 0 atom stereocenters. The van der Waals surface area contributed by atoms with Gasteiger partial charge in [-0.2, -0.15) is 0 Å². The van der Waals surface area contributed by atoms with E-state index < -0.39 is 0 Å². The summed E-state index contributed by atoms with van der Waals surface area (Å²) in [6.45, 7) is 4.11. The first kappa shape index (κ1) is 14.5. The van der Waals surface area contributed by atoms with Crippen LogP contribution in [0.25, 0.3) is 0 Å². The Hall–Kier alpha value is -0.910. The van der Waals surface area contributed by atoms with Gasteiger partial charge in [-0.15, -0.1) is 0 Å². The summed E-state index contributed by atoms with van der Waals surface area (Å²) in [5.74, 6) is 0.182. The molecular formula is C14H19BrN2O2. The highest BCUT2D eigenvalue weighted by Gasteiger charge is 2.20. The number of amides is 1. The van der Waals surface area contributed by atoms with Gasteiger partial charge in [0.05, 0.1) is 13.0 Å². The van der Waals surface area contributed by atoms with Crippen molar-refractivity contribution in [1.82, 2.24) is 9.80 Å². The lowest BCUT2D eigenvalue weighted by Crippen LogP contribution is -2.49. The lowest BCUT2D eigenvalue weighted by molar-refractivity contribution is -0.132. The standard InChI is InChI=1S/C14H19BrN2O2/c15-13-3-1-2-12(10-13)11-14(19)17-6-4-16(5-7-17)8-9-18/h1-3,10,18H,4-9,11H2. The summed E-state index contributed by atoms with van der Waals surface area (Å²) in [5.41, 5.74) is 1.04. The molecule has 1 aliphatic rings. The van der Waals surface area contributed by atoms with Gasteiger partial charge in [-0.3, -0.25) is 9.69 Å². The van der Waals surface area contributed by atoms with Crippen LogP contribution >= 0.6 is 15.9 Å². The third-order valence-corrected chi connectivity index (χ3v) is 3.88. The van der Waals surface area contributed by atoms with E-state index in [1.807, 2.05) is 29.2 Å². The summed E-state index contributed by atoms with van der Waals surface area (Å²) < 4.78 is 1.01. The topological polar surface area (TPSA) is 43.8 Å². The molecule has 4 nitrogen and oxygen atoms in total. The van der Waals surface area contributed by atoms with Gasteiger partial charge in [-0.25, -0.2) is 0 Å². The summed E-state index contributed by atoms with van der Waals surface area (Å²) in [4.78, 5) is 16.3. The Bertz CT molecular complexity index is 431. The fourth-order valence-electron chi connectivity index (χ4n) is 2.30. The van der Waals surface area contributed by atoms with E-state index in [1.165, 1.54) is 0 Å². The molecule has 0 aliphatic carbocycles. The van der Waals surface area contributed by atoms with Crippen LogP contribution in [0.15, 0.2) is 28.7 Å². The average Bonchev–Trinajstić information content (AvgIpc) is 2.40. The maximum Gasteiger partial charge on any atom is 0.227 e. The van der Waals surface area contributed by atoms with Crippen molar-refractivity contribution in [3.8, 4) is 0 Å². The molecule has 1 heterocycles. The van der Waals surface area contributed by atoms with Crippen LogP contribution in [-0.4, -0.2) is 60.1 Å². The molecule has 19 heavy (non-hydrogen) atoms. The first-order valence-corrected chi connectivity index (χ1v) is 7.34. The fraction of sp³-hybridized carbons (Fsp3) is 0.500. The Kier molecular flexibility index (Phi) is 5.36. The number of aliphatic hydroxyl groups excluding tert-OH is 1. The molecule has 0 unspecified atom stereocenters. The Morgan fingerprint density at radius 2 is 2.00 bits per heavy atom. The van der Waals surface area contributed by atoms with Gasteiger partial charge in [0.1, 0.15) is 0 Å². The van der Waals surface area contributed by atoms with Crippen molar-refractivity contribution in [1.29, 1.82) is 0 Å².